The Hall–Kier alpha value is -2.10. The second-order valence-corrected chi connectivity index (χ2v) is 10.8. The highest BCUT2D eigenvalue weighted by Crippen LogP contribution is 2.48. The van der Waals surface area contributed by atoms with E-state index in [9.17, 15) is 12.8 Å². The molecule has 1 aliphatic carbocycles. The van der Waals surface area contributed by atoms with Crippen molar-refractivity contribution in [3.05, 3.63) is 47.5 Å². The lowest BCUT2D eigenvalue weighted by atomic mass is 9.91. The molecule has 1 aromatic carbocycles. The summed E-state index contributed by atoms with van der Waals surface area (Å²) in [6, 6.07) is 4.18. The first-order valence-corrected chi connectivity index (χ1v) is 12.9. The zero-order valence-corrected chi connectivity index (χ0v) is 19.4. The summed E-state index contributed by atoms with van der Waals surface area (Å²) in [5.41, 5.74) is 1.62. The molecule has 1 saturated carbocycles. The first-order valence-electron chi connectivity index (χ1n) is 11.0. The molecule has 1 aromatic heterocycles. The fraction of sp³-hybridized carbons (Fsp3) is 0.565. The zero-order valence-electron chi connectivity index (χ0n) is 18.5. The van der Waals surface area contributed by atoms with Gasteiger partial charge in [0.15, 0.2) is 9.84 Å². The molecule has 1 aliphatic heterocycles. The first-order chi connectivity index (χ1) is 15.3. The number of methoxy groups -OCH3 is 1. The summed E-state index contributed by atoms with van der Waals surface area (Å²) < 4.78 is 47.9. The lowest BCUT2D eigenvalue weighted by Crippen LogP contribution is -2.35. The summed E-state index contributed by atoms with van der Waals surface area (Å²) >= 11 is 0. The maximum Gasteiger partial charge on any atom is 0.225 e. The molecule has 7 nitrogen and oxygen atoms in total. The van der Waals surface area contributed by atoms with E-state index in [1.54, 1.807) is 13.2 Å². The van der Waals surface area contributed by atoms with E-state index in [2.05, 4.69) is 14.9 Å². The second-order valence-electron chi connectivity index (χ2n) is 8.86. The number of nitrogens with zero attached hydrogens (tertiary/aromatic N) is 3. The molecular weight excluding hydrogens is 433 g/mol. The van der Waals surface area contributed by atoms with Crippen molar-refractivity contribution in [2.75, 3.05) is 38.0 Å². The van der Waals surface area contributed by atoms with Crippen LogP contribution in [0.15, 0.2) is 35.5 Å². The SMILES string of the molecule is COCc1cnc(N2CCC([C@H]3C[C@H]3COCc3ccc(S(C)(=O)=O)c(F)c3)CC2)nc1. The van der Waals surface area contributed by atoms with Crippen LogP contribution in [0.2, 0.25) is 0 Å². The zero-order chi connectivity index (χ0) is 22.7. The van der Waals surface area contributed by atoms with Crippen LogP contribution in [0.5, 0.6) is 0 Å². The maximum absolute atomic E-state index is 14.0. The predicted octanol–water partition coefficient (Wildman–Crippen LogP) is 3.23. The van der Waals surface area contributed by atoms with E-state index in [0.29, 0.717) is 43.1 Å². The molecule has 0 spiro atoms. The van der Waals surface area contributed by atoms with Gasteiger partial charge < -0.3 is 14.4 Å². The van der Waals surface area contributed by atoms with Crippen molar-refractivity contribution < 1.29 is 22.3 Å². The van der Waals surface area contributed by atoms with Crippen molar-refractivity contribution in [3.8, 4) is 0 Å². The van der Waals surface area contributed by atoms with Crippen molar-refractivity contribution in [2.45, 2.75) is 37.4 Å². The summed E-state index contributed by atoms with van der Waals surface area (Å²) in [4.78, 5) is 10.9. The quantitative estimate of drug-likeness (QED) is 0.565. The highest BCUT2D eigenvalue weighted by molar-refractivity contribution is 7.90. The van der Waals surface area contributed by atoms with Crippen LogP contribution in [0.25, 0.3) is 0 Å². The van der Waals surface area contributed by atoms with Gasteiger partial charge >= 0.3 is 0 Å². The normalized spacial score (nSPS) is 21.7. The van der Waals surface area contributed by atoms with E-state index >= 15 is 0 Å². The molecule has 1 saturated heterocycles. The van der Waals surface area contributed by atoms with Crippen molar-refractivity contribution >= 4 is 15.8 Å². The average molecular weight is 464 g/mol. The van der Waals surface area contributed by atoms with Crippen molar-refractivity contribution in [1.82, 2.24) is 9.97 Å². The van der Waals surface area contributed by atoms with Gasteiger partial charge in [0.05, 0.1) is 19.8 Å². The number of aromatic nitrogens is 2. The summed E-state index contributed by atoms with van der Waals surface area (Å²) in [5.74, 6) is 2.00. The lowest BCUT2D eigenvalue weighted by Gasteiger charge is -2.32. The topological polar surface area (TPSA) is 81.6 Å². The number of ether oxygens (including phenoxy) is 2. The van der Waals surface area contributed by atoms with Gasteiger partial charge in [-0.1, -0.05) is 6.07 Å². The third-order valence-corrected chi connectivity index (χ3v) is 7.53. The molecule has 9 heteroatoms. The third kappa shape index (κ3) is 5.63. The summed E-state index contributed by atoms with van der Waals surface area (Å²) in [7, 11) is -1.89. The van der Waals surface area contributed by atoms with Gasteiger partial charge in [-0.2, -0.15) is 0 Å². The van der Waals surface area contributed by atoms with E-state index in [1.165, 1.54) is 18.6 Å². The van der Waals surface area contributed by atoms with Gasteiger partial charge in [-0.3, -0.25) is 0 Å². The monoisotopic (exact) mass is 463 g/mol. The van der Waals surface area contributed by atoms with Crippen LogP contribution in [-0.4, -0.2) is 51.4 Å². The fourth-order valence-electron chi connectivity index (χ4n) is 4.58. The molecule has 174 valence electrons. The van der Waals surface area contributed by atoms with Crippen molar-refractivity contribution in [1.29, 1.82) is 0 Å². The molecule has 0 N–H and O–H groups in total. The van der Waals surface area contributed by atoms with E-state index in [4.69, 9.17) is 9.47 Å². The molecule has 2 fully saturated rings. The molecule has 2 atom stereocenters. The van der Waals surface area contributed by atoms with Crippen LogP contribution in [0.4, 0.5) is 10.3 Å². The van der Waals surface area contributed by atoms with Crippen LogP contribution < -0.4 is 4.90 Å². The van der Waals surface area contributed by atoms with Gasteiger partial charge in [-0.05, 0) is 54.7 Å². The molecular formula is C23H30FN3O4S. The smallest absolute Gasteiger partial charge is 0.225 e. The molecule has 2 aromatic rings. The van der Waals surface area contributed by atoms with E-state index < -0.39 is 15.7 Å². The number of hydrogen-bond donors (Lipinski definition) is 0. The van der Waals surface area contributed by atoms with Crippen molar-refractivity contribution in [3.63, 3.8) is 0 Å². The number of rotatable bonds is 9. The Labute approximate surface area is 188 Å². The molecule has 2 aliphatic rings. The Bertz CT molecular complexity index is 1020. The first kappa shape index (κ1) is 23.1. The summed E-state index contributed by atoms with van der Waals surface area (Å²) in [6.45, 7) is 3.40. The molecule has 0 unspecified atom stereocenters. The van der Waals surface area contributed by atoms with Crippen molar-refractivity contribution in [2.24, 2.45) is 17.8 Å². The fourth-order valence-corrected chi connectivity index (χ4v) is 5.31. The Morgan fingerprint density at radius 1 is 1.12 bits per heavy atom. The summed E-state index contributed by atoms with van der Waals surface area (Å²) in [6.07, 6.45) is 8.09. The Morgan fingerprint density at radius 3 is 2.47 bits per heavy atom. The van der Waals surface area contributed by atoms with E-state index in [1.807, 2.05) is 12.4 Å². The molecule has 32 heavy (non-hydrogen) atoms. The highest BCUT2D eigenvalue weighted by Gasteiger charge is 2.43. The highest BCUT2D eigenvalue weighted by atomic mass is 32.2. The van der Waals surface area contributed by atoms with Crippen LogP contribution in [0, 0.1) is 23.6 Å². The molecule has 4 rings (SSSR count). The minimum atomic E-state index is -3.55. The maximum atomic E-state index is 14.0. The minimum absolute atomic E-state index is 0.272. The lowest BCUT2D eigenvalue weighted by molar-refractivity contribution is 0.104. The minimum Gasteiger partial charge on any atom is -0.380 e. The average Bonchev–Trinajstić information content (AvgIpc) is 3.53. The Morgan fingerprint density at radius 2 is 1.84 bits per heavy atom. The number of piperidine rings is 1. The number of halogens is 1. The van der Waals surface area contributed by atoms with Crippen LogP contribution in [0.3, 0.4) is 0 Å². The van der Waals surface area contributed by atoms with Gasteiger partial charge in [0.25, 0.3) is 0 Å². The van der Waals surface area contributed by atoms with Crippen LogP contribution in [0.1, 0.15) is 30.4 Å². The molecule has 2 heterocycles. The predicted molar refractivity (Wildman–Crippen MR) is 118 cm³/mol. The van der Waals surface area contributed by atoms with Gasteiger partial charge in [0.1, 0.15) is 10.7 Å². The van der Waals surface area contributed by atoms with E-state index in [0.717, 1.165) is 43.7 Å². The van der Waals surface area contributed by atoms with Gasteiger partial charge in [-0.15, -0.1) is 0 Å². The Balaban J connectivity index is 1.19. The van der Waals surface area contributed by atoms with Gasteiger partial charge in [-0.25, -0.2) is 22.8 Å². The number of sulfone groups is 1. The van der Waals surface area contributed by atoms with Gasteiger partial charge in [0.2, 0.25) is 5.95 Å². The van der Waals surface area contributed by atoms with Crippen LogP contribution in [-0.2, 0) is 32.5 Å². The van der Waals surface area contributed by atoms with E-state index in [-0.39, 0.29) is 4.90 Å². The third-order valence-electron chi connectivity index (χ3n) is 6.40. The second kappa shape index (κ2) is 9.80. The standard InChI is InChI=1S/C23H30FN3O4S/c1-30-13-17-11-25-23(26-12-17)27-7-5-18(6-8-27)20-10-19(20)15-31-14-16-3-4-22(21(24)9-16)32(2,28)29/h3-4,9,11-12,18-20H,5-8,10,13-15H2,1-2H3/t19-,20+/m0/s1. The molecule has 0 bridgehead atoms. The molecule has 0 amide bonds. The Kier molecular flexibility index (Phi) is 7.07. The number of hydrogen-bond acceptors (Lipinski definition) is 7. The molecule has 0 radical (unpaired) electrons. The summed E-state index contributed by atoms with van der Waals surface area (Å²) in [5, 5.41) is 0. The number of benzene rings is 1. The number of anilines is 1. The largest absolute Gasteiger partial charge is 0.380 e. The van der Waals surface area contributed by atoms with Gasteiger partial charge in [0, 0.05) is 44.4 Å². The van der Waals surface area contributed by atoms with Crippen LogP contribution >= 0.6 is 0 Å².